The van der Waals surface area contributed by atoms with Crippen molar-refractivity contribution < 1.29 is 8.42 Å². The van der Waals surface area contributed by atoms with Gasteiger partial charge in [0, 0.05) is 17.2 Å². The van der Waals surface area contributed by atoms with E-state index in [0.717, 1.165) is 22.0 Å². The molecular formula is C16H13N5O2S. The van der Waals surface area contributed by atoms with Crippen LogP contribution in [-0.2, 0) is 9.84 Å². The standard InChI is InChI=1S/C16H13N5O2S/c1-24(22,23)14-4-2-3-12(15(14)16-17-9-19-21-16)10-5-6-11-8-18-20-13(11)7-10/h2-8H,9H2,1H3,(H,18,20). The molecule has 0 unspecified atom stereocenters. The highest BCUT2D eigenvalue weighted by atomic mass is 32.2. The Hall–Kier alpha value is -2.87. The number of benzene rings is 2. The summed E-state index contributed by atoms with van der Waals surface area (Å²) in [4.78, 5) is 4.42. The van der Waals surface area contributed by atoms with Crippen LogP contribution < -0.4 is 0 Å². The van der Waals surface area contributed by atoms with E-state index in [4.69, 9.17) is 0 Å². The van der Waals surface area contributed by atoms with E-state index in [-0.39, 0.29) is 11.6 Å². The highest BCUT2D eigenvalue weighted by molar-refractivity contribution is 7.90. The molecule has 0 amide bonds. The Kier molecular flexibility index (Phi) is 3.27. The van der Waals surface area contributed by atoms with Gasteiger partial charge in [-0.3, -0.25) is 5.10 Å². The summed E-state index contributed by atoms with van der Waals surface area (Å²) in [5.41, 5.74) is 2.96. The smallest absolute Gasteiger partial charge is 0.180 e. The van der Waals surface area contributed by atoms with Crippen LogP contribution in [-0.4, -0.2) is 37.4 Å². The summed E-state index contributed by atoms with van der Waals surface area (Å²) in [7, 11) is -3.44. The molecule has 1 aliphatic heterocycles. The molecule has 0 bridgehead atoms. The summed E-state index contributed by atoms with van der Waals surface area (Å²) in [6.45, 7) is 0.215. The van der Waals surface area contributed by atoms with Crippen LogP contribution >= 0.6 is 0 Å². The number of aliphatic imine (C=N–C) groups is 1. The summed E-state index contributed by atoms with van der Waals surface area (Å²) >= 11 is 0. The van der Waals surface area contributed by atoms with Crippen LogP contribution in [0.15, 0.2) is 62.7 Å². The second-order valence-electron chi connectivity index (χ2n) is 5.49. The van der Waals surface area contributed by atoms with Gasteiger partial charge < -0.3 is 0 Å². The van der Waals surface area contributed by atoms with Gasteiger partial charge in [-0.05, 0) is 23.3 Å². The van der Waals surface area contributed by atoms with E-state index in [1.165, 1.54) is 6.26 Å². The second-order valence-corrected chi connectivity index (χ2v) is 7.47. The van der Waals surface area contributed by atoms with Crippen molar-refractivity contribution in [3.8, 4) is 11.1 Å². The van der Waals surface area contributed by atoms with Crippen molar-refractivity contribution in [2.24, 2.45) is 15.2 Å². The zero-order valence-electron chi connectivity index (χ0n) is 12.8. The third-order valence-electron chi connectivity index (χ3n) is 3.85. The minimum Gasteiger partial charge on any atom is -0.278 e. The number of fused-ring (bicyclic) bond motifs is 1. The molecule has 2 aromatic carbocycles. The van der Waals surface area contributed by atoms with Crippen LogP contribution in [0.4, 0.5) is 0 Å². The minimum absolute atomic E-state index is 0.198. The van der Waals surface area contributed by atoms with Crippen molar-refractivity contribution in [2.45, 2.75) is 4.90 Å². The highest BCUT2D eigenvalue weighted by Crippen LogP contribution is 2.32. The van der Waals surface area contributed by atoms with Gasteiger partial charge in [0.05, 0.1) is 16.6 Å². The number of amidine groups is 1. The number of hydrogen-bond acceptors (Lipinski definition) is 6. The fourth-order valence-corrected chi connectivity index (χ4v) is 3.67. The van der Waals surface area contributed by atoms with Gasteiger partial charge in [0.25, 0.3) is 0 Å². The van der Waals surface area contributed by atoms with Crippen LogP contribution in [0, 0.1) is 0 Å². The average molecular weight is 339 g/mol. The topological polar surface area (TPSA) is 99.9 Å². The lowest BCUT2D eigenvalue weighted by molar-refractivity contribution is 0.601. The fourth-order valence-electron chi connectivity index (χ4n) is 2.77. The quantitative estimate of drug-likeness (QED) is 0.794. The molecule has 4 rings (SSSR count). The van der Waals surface area contributed by atoms with Crippen LogP contribution in [0.3, 0.4) is 0 Å². The van der Waals surface area contributed by atoms with Crippen LogP contribution in [0.25, 0.3) is 22.0 Å². The lowest BCUT2D eigenvalue weighted by Gasteiger charge is -2.12. The molecular weight excluding hydrogens is 326 g/mol. The van der Waals surface area contributed by atoms with E-state index < -0.39 is 9.84 Å². The molecule has 0 saturated heterocycles. The number of sulfone groups is 1. The molecule has 0 radical (unpaired) electrons. The van der Waals surface area contributed by atoms with Crippen molar-refractivity contribution in [3.05, 3.63) is 48.2 Å². The molecule has 0 atom stereocenters. The number of nitrogens with one attached hydrogen (secondary N) is 1. The monoisotopic (exact) mass is 339 g/mol. The molecule has 0 fully saturated rings. The first-order valence-electron chi connectivity index (χ1n) is 7.23. The molecule has 24 heavy (non-hydrogen) atoms. The Morgan fingerprint density at radius 3 is 2.79 bits per heavy atom. The van der Waals surface area contributed by atoms with E-state index in [0.29, 0.717) is 11.4 Å². The Bertz CT molecular complexity index is 1110. The number of hydrogen-bond donors (Lipinski definition) is 1. The van der Waals surface area contributed by atoms with Gasteiger partial charge in [-0.2, -0.15) is 10.2 Å². The molecule has 1 N–H and O–H groups in total. The maximum absolute atomic E-state index is 12.2. The molecule has 0 saturated carbocycles. The van der Waals surface area contributed by atoms with Gasteiger partial charge >= 0.3 is 0 Å². The summed E-state index contributed by atoms with van der Waals surface area (Å²) in [5.74, 6) is 0.343. The molecule has 3 aromatic rings. The molecule has 1 aromatic heterocycles. The summed E-state index contributed by atoms with van der Waals surface area (Å²) in [6, 6.07) is 10.9. The zero-order valence-corrected chi connectivity index (χ0v) is 13.6. The summed E-state index contributed by atoms with van der Waals surface area (Å²) < 4.78 is 24.4. The van der Waals surface area contributed by atoms with E-state index in [1.54, 1.807) is 18.3 Å². The van der Waals surface area contributed by atoms with Crippen molar-refractivity contribution in [1.29, 1.82) is 0 Å². The van der Waals surface area contributed by atoms with E-state index in [9.17, 15) is 8.42 Å². The number of aromatic amines is 1. The van der Waals surface area contributed by atoms with Crippen molar-refractivity contribution >= 4 is 26.6 Å². The molecule has 1 aliphatic rings. The third kappa shape index (κ3) is 2.41. The Morgan fingerprint density at radius 2 is 2.04 bits per heavy atom. The highest BCUT2D eigenvalue weighted by Gasteiger charge is 2.23. The zero-order chi connectivity index (χ0) is 16.7. The van der Waals surface area contributed by atoms with E-state index in [2.05, 4.69) is 25.4 Å². The third-order valence-corrected chi connectivity index (χ3v) is 4.99. The van der Waals surface area contributed by atoms with Crippen molar-refractivity contribution in [1.82, 2.24) is 10.2 Å². The van der Waals surface area contributed by atoms with E-state index >= 15 is 0 Å². The van der Waals surface area contributed by atoms with Gasteiger partial charge in [0.2, 0.25) is 0 Å². The number of azo groups is 1. The van der Waals surface area contributed by atoms with Gasteiger partial charge in [0.1, 0.15) is 0 Å². The normalized spacial score (nSPS) is 14.3. The number of rotatable bonds is 3. The number of H-pyrrole nitrogens is 1. The van der Waals surface area contributed by atoms with Gasteiger partial charge in [-0.1, -0.05) is 24.3 Å². The SMILES string of the molecule is CS(=O)(=O)c1cccc(-c2ccc3cn[nH]c3c2)c1C1=NCN=N1. The van der Waals surface area contributed by atoms with Gasteiger partial charge in [0.15, 0.2) is 22.3 Å². The van der Waals surface area contributed by atoms with Crippen LogP contribution in [0.5, 0.6) is 0 Å². The lowest BCUT2D eigenvalue weighted by atomic mass is 9.98. The Balaban J connectivity index is 2.02. The lowest BCUT2D eigenvalue weighted by Crippen LogP contribution is -2.08. The van der Waals surface area contributed by atoms with E-state index in [1.807, 2.05) is 24.3 Å². The van der Waals surface area contributed by atoms with Crippen molar-refractivity contribution in [3.63, 3.8) is 0 Å². The maximum atomic E-state index is 12.2. The number of nitrogens with zero attached hydrogens (tertiary/aromatic N) is 4. The predicted octanol–water partition coefficient (Wildman–Crippen LogP) is 2.80. The Morgan fingerprint density at radius 1 is 1.17 bits per heavy atom. The van der Waals surface area contributed by atoms with Crippen LogP contribution in [0.2, 0.25) is 0 Å². The molecule has 0 aliphatic carbocycles. The van der Waals surface area contributed by atoms with Gasteiger partial charge in [-0.25, -0.2) is 13.4 Å². The summed E-state index contributed by atoms with van der Waals surface area (Å²) in [5, 5.41) is 15.8. The second kappa shape index (κ2) is 5.34. The predicted molar refractivity (Wildman–Crippen MR) is 90.9 cm³/mol. The summed E-state index contributed by atoms with van der Waals surface area (Å²) in [6.07, 6.45) is 2.92. The minimum atomic E-state index is -3.44. The first-order valence-corrected chi connectivity index (χ1v) is 9.12. The maximum Gasteiger partial charge on any atom is 0.180 e. The first kappa shape index (κ1) is 14.7. The largest absolute Gasteiger partial charge is 0.278 e. The Labute approximate surface area is 138 Å². The molecule has 120 valence electrons. The molecule has 2 heterocycles. The molecule has 0 spiro atoms. The number of aromatic nitrogens is 2. The molecule has 8 heteroatoms. The first-order chi connectivity index (χ1) is 11.5. The molecule has 7 nitrogen and oxygen atoms in total. The van der Waals surface area contributed by atoms with Gasteiger partial charge in [-0.15, -0.1) is 5.11 Å². The van der Waals surface area contributed by atoms with Crippen molar-refractivity contribution in [2.75, 3.05) is 12.9 Å². The fraction of sp³-hybridized carbons (Fsp3) is 0.125. The van der Waals surface area contributed by atoms with Crippen LogP contribution in [0.1, 0.15) is 5.56 Å². The average Bonchev–Trinajstić information content (AvgIpc) is 3.24.